The summed E-state index contributed by atoms with van der Waals surface area (Å²) in [7, 11) is -4.00. The Morgan fingerprint density at radius 2 is 1.88 bits per heavy atom. The second kappa shape index (κ2) is 8.17. The first-order chi connectivity index (χ1) is 11.8. The Kier molecular flexibility index (Phi) is 6.22. The van der Waals surface area contributed by atoms with Crippen LogP contribution in [0.25, 0.3) is 0 Å². The van der Waals surface area contributed by atoms with Crippen molar-refractivity contribution in [3.63, 3.8) is 0 Å². The SMILES string of the molecule is CCCCNc1ccc(S(=O)(=O)Nc2ccccc2Cl)cc1[N+](=O)[O-]. The fraction of sp³-hybridized carbons (Fsp3) is 0.250. The summed E-state index contributed by atoms with van der Waals surface area (Å²) in [5.41, 5.74) is 0.199. The van der Waals surface area contributed by atoms with Gasteiger partial charge < -0.3 is 5.32 Å². The summed E-state index contributed by atoms with van der Waals surface area (Å²) in [5, 5.41) is 14.5. The van der Waals surface area contributed by atoms with Crippen molar-refractivity contribution in [3.05, 3.63) is 57.6 Å². The van der Waals surface area contributed by atoms with E-state index in [4.69, 9.17) is 11.6 Å². The Morgan fingerprint density at radius 3 is 2.52 bits per heavy atom. The lowest BCUT2D eigenvalue weighted by Gasteiger charge is -2.11. The van der Waals surface area contributed by atoms with E-state index in [9.17, 15) is 18.5 Å². The minimum Gasteiger partial charge on any atom is -0.379 e. The predicted octanol–water partition coefficient (Wildman–Crippen LogP) is 4.26. The number of halogens is 1. The standard InChI is InChI=1S/C16H18ClN3O4S/c1-2-3-10-18-15-9-8-12(11-16(15)20(21)22)25(23,24)19-14-7-5-4-6-13(14)17/h4-9,11,18-19H,2-3,10H2,1H3. The molecular weight excluding hydrogens is 366 g/mol. The average Bonchev–Trinajstić information content (AvgIpc) is 2.57. The van der Waals surface area contributed by atoms with Crippen LogP contribution in [0.2, 0.25) is 5.02 Å². The third-order valence-electron chi connectivity index (χ3n) is 3.44. The number of nitrogens with zero attached hydrogens (tertiary/aromatic N) is 1. The zero-order valence-corrected chi connectivity index (χ0v) is 15.1. The van der Waals surface area contributed by atoms with E-state index in [2.05, 4.69) is 10.0 Å². The number of nitro benzene ring substituents is 1. The van der Waals surface area contributed by atoms with Gasteiger partial charge in [-0.2, -0.15) is 0 Å². The zero-order valence-electron chi connectivity index (χ0n) is 13.5. The van der Waals surface area contributed by atoms with Crippen LogP contribution in [0.4, 0.5) is 17.1 Å². The van der Waals surface area contributed by atoms with Gasteiger partial charge in [0.1, 0.15) is 5.69 Å². The summed E-state index contributed by atoms with van der Waals surface area (Å²) in [5.74, 6) is 0. The molecule has 0 atom stereocenters. The van der Waals surface area contributed by atoms with Crippen molar-refractivity contribution < 1.29 is 13.3 Å². The van der Waals surface area contributed by atoms with E-state index < -0.39 is 14.9 Å². The van der Waals surface area contributed by atoms with Gasteiger partial charge in [-0.05, 0) is 30.7 Å². The fourth-order valence-electron chi connectivity index (χ4n) is 2.13. The highest BCUT2D eigenvalue weighted by molar-refractivity contribution is 7.92. The summed E-state index contributed by atoms with van der Waals surface area (Å²) >= 11 is 5.95. The van der Waals surface area contributed by atoms with E-state index >= 15 is 0 Å². The second-order valence-corrected chi connectivity index (χ2v) is 7.39. The van der Waals surface area contributed by atoms with Gasteiger partial charge in [0, 0.05) is 12.6 Å². The Hall–Kier alpha value is -2.32. The van der Waals surface area contributed by atoms with Gasteiger partial charge in [0.25, 0.3) is 15.7 Å². The number of rotatable bonds is 8. The van der Waals surface area contributed by atoms with E-state index in [1.165, 1.54) is 18.2 Å². The van der Waals surface area contributed by atoms with E-state index in [1.807, 2.05) is 6.92 Å². The van der Waals surface area contributed by atoms with E-state index in [1.54, 1.807) is 18.2 Å². The van der Waals surface area contributed by atoms with Gasteiger partial charge in [-0.15, -0.1) is 0 Å². The molecule has 2 aromatic carbocycles. The van der Waals surface area contributed by atoms with Gasteiger partial charge in [-0.1, -0.05) is 37.1 Å². The molecule has 0 unspecified atom stereocenters. The molecule has 2 aromatic rings. The highest BCUT2D eigenvalue weighted by atomic mass is 35.5. The van der Waals surface area contributed by atoms with Gasteiger partial charge in [0.15, 0.2) is 0 Å². The zero-order chi connectivity index (χ0) is 18.4. The van der Waals surface area contributed by atoms with Crippen molar-refractivity contribution in [3.8, 4) is 0 Å². The molecule has 9 heteroatoms. The molecule has 7 nitrogen and oxygen atoms in total. The molecule has 0 saturated heterocycles. The number of unbranched alkanes of at least 4 members (excludes halogenated alkanes) is 1. The normalized spacial score (nSPS) is 11.1. The quantitative estimate of drug-likeness (QED) is 0.403. The first-order valence-electron chi connectivity index (χ1n) is 7.65. The number of hydrogen-bond acceptors (Lipinski definition) is 5. The molecule has 2 N–H and O–H groups in total. The number of nitrogens with one attached hydrogen (secondary N) is 2. The molecule has 0 spiro atoms. The number of nitro groups is 1. The maximum Gasteiger partial charge on any atom is 0.293 e. The lowest BCUT2D eigenvalue weighted by atomic mass is 10.2. The molecule has 0 fully saturated rings. The number of anilines is 2. The van der Waals surface area contributed by atoms with Crippen molar-refractivity contribution in [1.82, 2.24) is 0 Å². The molecule has 0 heterocycles. The third kappa shape index (κ3) is 4.83. The number of hydrogen-bond donors (Lipinski definition) is 2. The number of sulfonamides is 1. The molecule has 0 saturated carbocycles. The minimum atomic E-state index is -4.00. The van der Waals surface area contributed by atoms with Crippen molar-refractivity contribution in [2.75, 3.05) is 16.6 Å². The average molecular weight is 384 g/mol. The Balaban J connectivity index is 2.33. The molecule has 0 amide bonds. The Morgan fingerprint density at radius 1 is 1.16 bits per heavy atom. The molecule has 0 bridgehead atoms. The Bertz CT molecular complexity index is 871. The van der Waals surface area contributed by atoms with E-state index in [0.29, 0.717) is 6.54 Å². The van der Waals surface area contributed by atoms with Crippen LogP contribution in [0.3, 0.4) is 0 Å². The highest BCUT2D eigenvalue weighted by Gasteiger charge is 2.22. The lowest BCUT2D eigenvalue weighted by Crippen LogP contribution is -2.14. The van der Waals surface area contributed by atoms with Crippen LogP contribution < -0.4 is 10.0 Å². The van der Waals surface area contributed by atoms with Crippen molar-refractivity contribution in [2.45, 2.75) is 24.7 Å². The minimum absolute atomic E-state index is 0.206. The monoisotopic (exact) mass is 383 g/mol. The molecule has 0 aromatic heterocycles. The highest BCUT2D eigenvalue weighted by Crippen LogP contribution is 2.30. The van der Waals surface area contributed by atoms with Crippen LogP contribution in [0.15, 0.2) is 47.4 Å². The van der Waals surface area contributed by atoms with Crippen LogP contribution >= 0.6 is 11.6 Å². The second-order valence-electron chi connectivity index (χ2n) is 5.30. The molecule has 25 heavy (non-hydrogen) atoms. The summed E-state index contributed by atoms with van der Waals surface area (Å²) in [6.45, 7) is 2.58. The molecular formula is C16H18ClN3O4S. The fourth-order valence-corrected chi connectivity index (χ4v) is 3.46. The third-order valence-corrected chi connectivity index (χ3v) is 5.13. The summed E-state index contributed by atoms with van der Waals surface area (Å²) < 4.78 is 27.3. The van der Waals surface area contributed by atoms with Gasteiger partial charge in [0.05, 0.1) is 20.5 Å². The van der Waals surface area contributed by atoms with Gasteiger partial charge in [-0.25, -0.2) is 8.42 Å². The maximum atomic E-state index is 12.5. The van der Waals surface area contributed by atoms with Gasteiger partial charge in [0.2, 0.25) is 0 Å². The predicted molar refractivity (Wildman–Crippen MR) is 98.8 cm³/mol. The van der Waals surface area contributed by atoms with Crippen LogP contribution in [-0.4, -0.2) is 19.9 Å². The molecule has 134 valence electrons. The number of para-hydroxylation sites is 1. The van der Waals surface area contributed by atoms with Gasteiger partial charge in [-0.3, -0.25) is 14.8 Å². The molecule has 0 aliphatic carbocycles. The first-order valence-corrected chi connectivity index (χ1v) is 9.51. The van der Waals surface area contributed by atoms with E-state index in [-0.39, 0.29) is 27.0 Å². The first kappa shape index (κ1) is 19.0. The smallest absolute Gasteiger partial charge is 0.293 e. The van der Waals surface area contributed by atoms with Crippen LogP contribution in [0.5, 0.6) is 0 Å². The maximum absolute atomic E-state index is 12.5. The summed E-state index contributed by atoms with van der Waals surface area (Å²) in [6.07, 6.45) is 1.79. The molecule has 2 rings (SSSR count). The largest absolute Gasteiger partial charge is 0.379 e. The topological polar surface area (TPSA) is 101 Å². The van der Waals surface area contributed by atoms with Crippen molar-refractivity contribution in [1.29, 1.82) is 0 Å². The van der Waals surface area contributed by atoms with Gasteiger partial charge >= 0.3 is 0 Å². The number of benzene rings is 2. The van der Waals surface area contributed by atoms with Crippen LogP contribution in [0, 0.1) is 10.1 Å². The summed E-state index contributed by atoms with van der Waals surface area (Å²) in [6, 6.07) is 10.1. The van der Waals surface area contributed by atoms with Crippen LogP contribution in [0.1, 0.15) is 19.8 Å². The van der Waals surface area contributed by atoms with E-state index in [0.717, 1.165) is 18.9 Å². The van der Waals surface area contributed by atoms with Crippen molar-refractivity contribution >= 4 is 38.7 Å². The van der Waals surface area contributed by atoms with Crippen LogP contribution in [-0.2, 0) is 10.0 Å². The Labute approximate surface area is 151 Å². The molecule has 0 radical (unpaired) electrons. The molecule has 0 aliphatic heterocycles. The summed E-state index contributed by atoms with van der Waals surface area (Å²) in [4.78, 5) is 10.5. The lowest BCUT2D eigenvalue weighted by molar-refractivity contribution is -0.384. The molecule has 0 aliphatic rings. The van der Waals surface area contributed by atoms with Crippen molar-refractivity contribution in [2.24, 2.45) is 0 Å².